The molecule has 2 aromatic rings. The van der Waals surface area contributed by atoms with Crippen molar-refractivity contribution in [3.63, 3.8) is 0 Å². The zero-order chi connectivity index (χ0) is 21.8. The third-order valence-corrected chi connectivity index (χ3v) is 7.80. The van der Waals surface area contributed by atoms with E-state index in [1.54, 1.807) is 34.8 Å². The van der Waals surface area contributed by atoms with Crippen LogP contribution in [0.5, 0.6) is 0 Å². The molecule has 4 rings (SSSR count). The second kappa shape index (κ2) is 9.33. The van der Waals surface area contributed by atoms with Crippen molar-refractivity contribution in [2.75, 3.05) is 43.1 Å². The Labute approximate surface area is 183 Å². The summed E-state index contributed by atoms with van der Waals surface area (Å²) in [5, 5.41) is 2.80. The Hall–Kier alpha value is -2.49. The first kappa shape index (κ1) is 21.7. The first-order valence-corrected chi connectivity index (χ1v) is 12.1. The first-order chi connectivity index (χ1) is 14.9. The van der Waals surface area contributed by atoms with Crippen molar-refractivity contribution in [2.24, 2.45) is 0 Å². The number of ether oxygens (including phenoxy) is 1. The summed E-state index contributed by atoms with van der Waals surface area (Å²) >= 11 is 0. The Morgan fingerprint density at radius 1 is 1.13 bits per heavy atom. The molecule has 1 atom stereocenters. The van der Waals surface area contributed by atoms with Crippen LogP contribution in [0, 0.1) is 0 Å². The second-order valence-corrected chi connectivity index (χ2v) is 9.84. The number of sulfonamides is 1. The average Bonchev–Trinajstić information content (AvgIpc) is 2.80. The number of hydrogen-bond acceptors (Lipinski definition) is 6. The fourth-order valence-electron chi connectivity index (χ4n) is 4.00. The molecule has 2 fully saturated rings. The standard InChI is InChI=1S/C22H28N4O4S/c1-17-5-2-3-10-26(17)31(28,29)20-7-4-6-18(15-20)22(27)24-19-8-9-21(23-16-19)25-11-13-30-14-12-25/h4,6-9,15-17H,2-3,5,10-14H2,1H3,(H,24,27). The largest absolute Gasteiger partial charge is 0.378 e. The van der Waals surface area contributed by atoms with Gasteiger partial charge in [-0.1, -0.05) is 12.5 Å². The predicted molar refractivity (Wildman–Crippen MR) is 119 cm³/mol. The van der Waals surface area contributed by atoms with Crippen LogP contribution in [0.1, 0.15) is 36.5 Å². The van der Waals surface area contributed by atoms with E-state index in [2.05, 4.69) is 15.2 Å². The molecule has 2 aliphatic heterocycles. The van der Waals surface area contributed by atoms with E-state index in [4.69, 9.17) is 4.74 Å². The highest BCUT2D eigenvalue weighted by Gasteiger charge is 2.31. The fourth-order valence-corrected chi connectivity index (χ4v) is 5.75. The number of pyridine rings is 1. The van der Waals surface area contributed by atoms with E-state index in [-0.39, 0.29) is 16.8 Å². The Balaban J connectivity index is 1.47. The molecule has 8 nitrogen and oxygen atoms in total. The van der Waals surface area contributed by atoms with Gasteiger partial charge in [-0.25, -0.2) is 13.4 Å². The van der Waals surface area contributed by atoms with Gasteiger partial charge in [-0.3, -0.25) is 4.79 Å². The van der Waals surface area contributed by atoms with Crippen LogP contribution in [0.2, 0.25) is 0 Å². The highest BCUT2D eigenvalue weighted by molar-refractivity contribution is 7.89. The number of aromatic nitrogens is 1. The molecule has 0 spiro atoms. The van der Waals surface area contributed by atoms with Crippen molar-refractivity contribution >= 4 is 27.4 Å². The van der Waals surface area contributed by atoms with Crippen LogP contribution in [0.25, 0.3) is 0 Å². The summed E-state index contributed by atoms with van der Waals surface area (Å²) in [6.45, 7) is 5.37. The summed E-state index contributed by atoms with van der Waals surface area (Å²) in [6.07, 6.45) is 4.36. The molecule has 3 heterocycles. The van der Waals surface area contributed by atoms with Gasteiger partial charge in [0, 0.05) is 31.2 Å². The van der Waals surface area contributed by atoms with Gasteiger partial charge in [0.1, 0.15) is 5.82 Å². The maximum atomic E-state index is 13.1. The van der Waals surface area contributed by atoms with Crippen molar-refractivity contribution < 1.29 is 17.9 Å². The van der Waals surface area contributed by atoms with Gasteiger partial charge < -0.3 is 15.0 Å². The molecule has 0 aliphatic carbocycles. The Morgan fingerprint density at radius 3 is 2.65 bits per heavy atom. The van der Waals surface area contributed by atoms with Gasteiger partial charge >= 0.3 is 0 Å². The van der Waals surface area contributed by atoms with Gasteiger partial charge in [0.25, 0.3) is 5.91 Å². The van der Waals surface area contributed by atoms with Crippen LogP contribution < -0.4 is 10.2 Å². The van der Waals surface area contributed by atoms with Crippen molar-refractivity contribution in [1.82, 2.24) is 9.29 Å². The summed E-state index contributed by atoms with van der Waals surface area (Å²) in [7, 11) is -3.63. The summed E-state index contributed by atoms with van der Waals surface area (Å²) in [5.41, 5.74) is 0.850. The lowest BCUT2D eigenvalue weighted by molar-refractivity contribution is 0.102. The number of benzene rings is 1. The first-order valence-electron chi connectivity index (χ1n) is 10.7. The van der Waals surface area contributed by atoms with Crippen LogP contribution in [-0.4, -0.2) is 62.5 Å². The van der Waals surface area contributed by atoms with Gasteiger partial charge in [-0.2, -0.15) is 4.31 Å². The number of hydrogen-bond donors (Lipinski definition) is 1. The zero-order valence-electron chi connectivity index (χ0n) is 17.7. The second-order valence-electron chi connectivity index (χ2n) is 7.95. The lowest BCUT2D eigenvalue weighted by atomic mass is 10.1. The van der Waals surface area contributed by atoms with Gasteiger partial charge in [0.05, 0.1) is 30.0 Å². The number of anilines is 2. The quantitative estimate of drug-likeness (QED) is 0.763. The van der Waals surface area contributed by atoms with E-state index in [9.17, 15) is 13.2 Å². The van der Waals surface area contributed by atoms with Gasteiger partial charge in [-0.05, 0) is 50.1 Å². The molecule has 1 aromatic carbocycles. The molecule has 0 saturated carbocycles. The minimum atomic E-state index is -3.63. The van der Waals surface area contributed by atoms with Gasteiger partial charge in [0.15, 0.2) is 0 Å². The van der Waals surface area contributed by atoms with Crippen molar-refractivity contribution in [1.29, 1.82) is 0 Å². The van der Waals surface area contributed by atoms with E-state index in [0.29, 0.717) is 31.0 Å². The molecule has 0 radical (unpaired) electrons. The molecule has 1 aromatic heterocycles. The molecule has 2 saturated heterocycles. The molecule has 1 unspecified atom stereocenters. The van der Waals surface area contributed by atoms with Crippen LogP contribution in [0.15, 0.2) is 47.5 Å². The number of nitrogens with one attached hydrogen (secondary N) is 1. The Morgan fingerprint density at radius 2 is 1.94 bits per heavy atom. The molecule has 9 heteroatoms. The third-order valence-electron chi connectivity index (χ3n) is 5.79. The normalized spacial score (nSPS) is 20.4. The van der Waals surface area contributed by atoms with Crippen LogP contribution >= 0.6 is 0 Å². The average molecular weight is 445 g/mol. The van der Waals surface area contributed by atoms with Gasteiger partial charge in [-0.15, -0.1) is 0 Å². The van der Waals surface area contributed by atoms with Crippen LogP contribution in [0.3, 0.4) is 0 Å². The number of carbonyl (C=O) groups excluding carboxylic acids is 1. The maximum Gasteiger partial charge on any atom is 0.255 e. The van der Waals surface area contributed by atoms with Crippen molar-refractivity contribution in [3.05, 3.63) is 48.2 Å². The number of carbonyl (C=O) groups is 1. The Bertz CT molecular complexity index is 1020. The molecule has 1 amide bonds. The highest BCUT2D eigenvalue weighted by atomic mass is 32.2. The van der Waals surface area contributed by atoms with Crippen LogP contribution in [0.4, 0.5) is 11.5 Å². The topological polar surface area (TPSA) is 91.8 Å². The summed E-state index contributed by atoms with van der Waals surface area (Å²) in [6, 6.07) is 9.84. The van der Waals surface area contributed by atoms with E-state index in [1.807, 2.05) is 13.0 Å². The van der Waals surface area contributed by atoms with E-state index >= 15 is 0 Å². The van der Waals surface area contributed by atoms with Crippen molar-refractivity contribution in [3.8, 4) is 0 Å². The lowest BCUT2D eigenvalue weighted by Crippen LogP contribution is -2.41. The minimum absolute atomic E-state index is 0.0349. The number of amides is 1. The zero-order valence-corrected chi connectivity index (χ0v) is 18.5. The summed E-state index contributed by atoms with van der Waals surface area (Å²) in [4.78, 5) is 19.5. The molecule has 31 heavy (non-hydrogen) atoms. The van der Waals surface area contributed by atoms with Crippen molar-refractivity contribution in [2.45, 2.75) is 37.1 Å². The molecule has 2 aliphatic rings. The molecule has 1 N–H and O–H groups in total. The van der Waals surface area contributed by atoms with E-state index in [0.717, 1.165) is 38.2 Å². The van der Waals surface area contributed by atoms with E-state index < -0.39 is 10.0 Å². The molecule has 0 bridgehead atoms. The highest BCUT2D eigenvalue weighted by Crippen LogP contribution is 2.26. The van der Waals surface area contributed by atoms with E-state index in [1.165, 1.54) is 6.07 Å². The number of piperidine rings is 1. The Kier molecular flexibility index (Phi) is 6.54. The molecule has 166 valence electrons. The molecular formula is C22H28N4O4S. The molecular weight excluding hydrogens is 416 g/mol. The smallest absolute Gasteiger partial charge is 0.255 e. The summed E-state index contributed by atoms with van der Waals surface area (Å²) < 4.78 is 33.1. The predicted octanol–water partition coefficient (Wildman–Crippen LogP) is 2.73. The third kappa shape index (κ3) is 4.89. The maximum absolute atomic E-state index is 13.1. The monoisotopic (exact) mass is 444 g/mol. The SMILES string of the molecule is CC1CCCCN1S(=O)(=O)c1cccc(C(=O)Nc2ccc(N3CCOCC3)nc2)c1. The summed E-state index contributed by atoms with van der Waals surface area (Å²) in [5.74, 6) is 0.467. The van der Waals surface area contributed by atoms with Crippen LogP contribution in [-0.2, 0) is 14.8 Å². The minimum Gasteiger partial charge on any atom is -0.378 e. The number of rotatable bonds is 5. The van der Waals surface area contributed by atoms with Gasteiger partial charge in [0.2, 0.25) is 10.0 Å². The lowest BCUT2D eigenvalue weighted by Gasteiger charge is -2.32. The fraction of sp³-hybridized carbons (Fsp3) is 0.455. The number of nitrogens with zero attached hydrogens (tertiary/aromatic N) is 3. The number of morpholine rings is 1.